The summed E-state index contributed by atoms with van der Waals surface area (Å²) in [5, 5.41) is 0. The number of nitrogens with two attached hydrogens (primary N) is 4. The minimum absolute atomic E-state index is 0.0295. The second kappa shape index (κ2) is 6.89. The Balaban J connectivity index is 1.76. The smallest absolute Gasteiger partial charge is 0.230 e. The van der Waals surface area contributed by atoms with Crippen molar-refractivity contribution in [3.05, 3.63) is 6.33 Å². The molecule has 2 aliphatic rings. The highest BCUT2D eigenvalue weighted by molar-refractivity contribution is 5.39. The molecule has 0 aromatic carbocycles. The van der Waals surface area contributed by atoms with Crippen LogP contribution in [0.4, 0.5) is 11.9 Å². The van der Waals surface area contributed by atoms with E-state index in [0.717, 1.165) is 12.8 Å². The normalized spacial score (nSPS) is 32.2. The van der Waals surface area contributed by atoms with Crippen LogP contribution in [0.15, 0.2) is 6.33 Å². The van der Waals surface area contributed by atoms with E-state index in [2.05, 4.69) is 20.4 Å². The van der Waals surface area contributed by atoms with Gasteiger partial charge in [0, 0.05) is 50.3 Å². The fourth-order valence-electron chi connectivity index (χ4n) is 3.35. The lowest BCUT2D eigenvalue weighted by molar-refractivity contribution is 0.390. The summed E-state index contributed by atoms with van der Waals surface area (Å²) in [7, 11) is 0. The van der Waals surface area contributed by atoms with Crippen LogP contribution in [0.1, 0.15) is 12.8 Å². The lowest BCUT2D eigenvalue weighted by Crippen LogP contribution is -2.56. The van der Waals surface area contributed by atoms with Crippen LogP contribution in [0.3, 0.4) is 0 Å². The average Bonchev–Trinajstić information content (AvgIpc) is 2.53. The molecular weight excluding hydrogens is 296 g/mol. The molecule has 128 valence electrons. The lowest BCUT2D eigenvalue weighted by atomic mass is 10.0. The van der Waals surface area contributed by atoms with Crippen molar-refractivity contribution in [1.29, 1.82) is 0 Å². The molecule has 1 aromatic rings. The number of rotatable bonds is 3. The highest BCUT2D eigenvalue weighted by Crippen LogP contribution is 2.19. The Bertz CT molecular complexity index is 515. The van der Waals surface area contributed by atoms with Crippen LogP contribution in [-0.2, 0) is 0 Å². The van der Waals surface area contributed by atoms with Gasteiger partial charge in [-0.3, -0.25) is 11.3 Å². The van der Waals surface area contributed by atoms with E-state index in [4.69, 9.17) is 23.0 Å². The molecule has 9 N–H and O–H groups in total. The van der Waals surface area contributed by atoms with Crippen molar-refractivity contribution in [1.82, 2.24) is 20.4 Å². The molecular formula is C13H26N10. The van der Waals surface area contributed by atoms with Gasteiger partial charge < -0.3 is 27.0 Å². The van der Waals surface area contributed by atoms with Crippen molar-refractivity contribution >= 4 is 11.9 Å². The number of hydrogen-bond acceptors (Lipinski definition) is 10. The molecule has 10 nitrogen and oxygen atoms in total. The number of aromatic nitrogens is 3. The molecule has 2 saturated heterocycles. The van der Waals surface area contributed by atoms with Crippen LogP contribution in [0.2, 0.25) is 0 Å². The van der Waals surface area contributed by atoms with Crippen LogP contribution >= 0.6 is 0 Å². The minimum Gasteiger partial charge on any atom is -0.338 e. The lowest BCUT2D eigenvalue weighted by Gasteiger charge is -2.37. The first-order valence-corrected chi connectivity index (χ1v) is 7.97. The van der Waals surface area contributed by atoms with Crippen molar-refractivity contribution < 1.29 is 0 Å². The third kappa shape index (κ3) is 3.85. The fraction of sp³-hybridized carbons (Fsp3) is 0.769. The first kappa shape index (κ1) is 16.3. The van der Waals surface area contributed by atoms with Gasteiger partial charge >= 0.3 is 0 Å². The van der Waals surface area contributed by atoms with Gasteiger partial charge in [-0.05, 0) is 12.8 Å². The summed E-state index contributed by atoms with van der Waals surface area (Å²) in [6.07, 6.45) is 3.17. The van der Waals surface area contributed by atoms with Crippen LogP contribution in [0.25, 0.3) is 0 Å². The molecule has 3 rings (SSSR count). The summed E-state index contributed by atoms with van der Waals surface area (Å²) in [6, 6.07) is 0.221. The molecule has 0 amide bonds. The predicted molar refractivity (Wildman–Crippen MR) is 88.5 cm³/mol. The van der Waals surface area contributed by atoms with Crippen LogP contribution in [0.5, 0.6) is 0 Å². The molecule has 0 saturated carbocycles. The maximum atomic E-state index is 6.09. The van der Waals surface area contributed by atoms with Gasteiger partial charge in [0.1, 0.15) is 6.33 Å². The third-order valence-corrected chi connectivity index (χ3v) is 4.35. The Morgan fingerprint density at radius 1 is 0.870 bits per heavy atom. The average molecular weight is 322 g/mol. The number of hydrazine groups is 1. The zero-order valence-corrected chi connectivity index (χ0v) is 13.2. The number of piperidine rings is 2. The van der Waals surface area contributed by atoms with Crippen LogP contribution in [-0.4, -0.2) is 65.3 Å². The molecule has 0 bridgehead atoms. The standard InChI is InChI=1S/C13H26N10/c14-8-1-9(15)4-22(3-8)12-18-7-19-13(20-12)23-5-10(16)2-11(6-23)21-17/h7-11,21H,1-6,14-17H2/t8-,9+,10-,11+/m1/s1. The monoisotopic (exact) mass is 322 g/mol. The molecule has 10 heteroatoms. The molecule has 4 atom stereocenters. The van der Waals surface area contributed by atoms with Gasteiger partial charge in [-0.25, -0.2) is 9.97 Å². The zero-order valence-electron chi connectivity index (χ0n) is 13.2. The summed E-state index contributed by atoms with van der Waals surface area (Å²) < 4.78 is 0. The van der Waals surface area contributed by atoms with Gasteiger partial charge in [0.25, 0.3) is 0 Å². The van der Waals surface area contributed by atoms with Gasteiger partial charge in [-0.2, -0.15) is 4.98 Å². The van der Waals surface area contributed by atoms with E-state index in [1.54, 1.807) is 0 Å². The van der Waals surface area contributed by atoms with Crippen LogP contribution < -0.4 is 38.3 Å². The molecule has 2 aliphatic heterocycles. The van der Waals surface area contributed by atoms with Crippen molar-refractivity contribution in [3.8, 4) is 0 Å². The molecule has 23 heavy (non-hydrogen) atoms. The summed E-state index contributed by atoms with van der Waals surface area (Å²) in [5.74, 6) is 6.78. The van der Waals surface area contributed by atoms with E-state index < -0.39 is 0 Å². The summed E-state index contributed by atoms with van der Waals surface area (Å²) in [4.78, 5) is 17.2. The van der Waals surface area contributed by atoms with Crippen molar-refractivity contribution in [3.63, 3.8) is 0 Å². The van der Waals surface area contributed by atoms with E-state index in [0.29, 0.717) is 38.1 Å². The van der Waals surface area contributed by atoms with Crippen molar-refractivity contribution in [2.75, 3.05) is 36.0 Å². The Labute approximate surface area is 135 Å². The summed E-state index contributed by atoms with van der Waals surface area (Å²) >= 11 is 0. The summed E-state index contributed by atoms with van der Waals surface area (Å²) in [5.41, 5.74) is 21.0. The van der Waals surface area contributed by atoms with Gasteiger partial charge in [0.2, 0.25) is 11.9 Å². The van der Waals surface area contributed by atoms with Gasteiger partial charge in [0.15, 0.2) is 0 Å². The Kier molecular flexibility index (Phi) is 4.87. The van der Waals surface area contributed by atoms with Crippen molar-refractivity contribution in [2.24, 2.45) is 23.0 Å². The number of nitrogens with zero attached hydrogens (tertiary/aromatic N) is 5. The van der Waals surface area contributed by atoms with Crippen LogP contribution in [0, 0.1) is 0 Å². The van der Waals surface area contributed by atoms with Gasteiger partial charge in [-0.15, -0.1) is 0 Å². The second-order valence-electron chi connectivity index (χ2n) is 6.51. The molecule has 0 radical (unpaired) electrons. The molecule has 0 aliphatic carbocycles. The Morgan fingerprint density at radius 3 is 1.96 bits per heavy atom. The quantitative estimate of drug-likeness (QED) is 0.288. The van der Waals surface area contributed by atoms with E-state index in [-0.39, 0.29) is 24.2 Å². The maximum absolute atomic E-state index is 6.09. The first-order chi connectivity index (χ1) is 11.0. The van der Waals surface area contributed by atoms with Gasteiger partial charge in [-0.1, -0.05) is 0 Å². The minimum atomic E-state index is 0.0295. The number of nitrogens with one attached hydrogen (secondary N) is 1. The topological polar surface area (TPSA) is 161 Å². The fourth-order valence-corrected chi connectivity index (χ4v) is 3.35. The zero-order chi connectivity index (χ0) is 16.4. The largest absolute Gasteiger partial charge is 0.338 e. The molecule has 1 aromatic heterocycles. The molecule has 0 unspecified atom stereocenters. The van der Waals surface area contributed by atoms with Gasteiger partial charge in [0.05, 0.1) is 0 Å². The molecule has 2 fully saturated rings. The highest BCUT2D eigenvalue weighted by Gasteiger charge is 2.28. The van der Waals surface area contributed by atoms with E-state index >= 15 is 0 Å². The van der Waals surface area contributed by atoms with Crippen molar-refractivity contribution in [2.45, 2.75) is 37.0 Å². The molecule has 0 spiro atoms. The third-order valence-electron chi connectivity index (χ3n) is 4.35. The highest BCUT2D eigenvalue weighted by atomic mass is 15.4. The van der Waals surface area contributed by atoms with E-state index in [1.807, 2.05) is 9.80 Å². The van der Waals surface area contributed by atoms with E-state index in [1.165, 1.54) is 6.33 Å². The predicted octanol–water partition coefficient (Wildman–Crippen LogP) is -2.89. The maximum Gasteiger partial charge on any atom is 0.230 e. The number of hydrogen-bond donors (Lipinski definition) is 5. The Morgan fingerprint density at radius 2 is 1.39 bits per heavy atom. The first-order valence-electron chi connectivity index (χ1n) is 7.97. The molecule has 3 heterocycles. The SMILES string of the molecule is NN[C@H]1C[C@@H](N)CN(c2ncnc(N3C[C@H](N)C[C@H](N)C3)n2)C1. The second-order valence-corrected chi connectivity index (χ2v) is 6.51. The summed E-state index contributed by atoms with van der Waals surface area (Å²) in [6.45, 7) is 2.81. The number of anilines is 2. The Hall–Kier alpha value is -1.59. The van der Waals surface area contributed by atoms with E-state index in [9.17, 15) is 0 Å².